The van der Waals surface area contributed by atoms with Gasteiger partial charge in [0.15, 0.2) is 0 Å². The van der Waals surface area contributed by atoms with Crippen LogP contribution < -0.4 is 5.32 Å². The normalized spacial score (nSPS) is 28.7. The summed E-state index contributed by atoms with van der Waals surface area (Å²) >= 11 is 0. The minimum Gasteiger partial charge on any atom is -0.481 e. The second-order valence-corrected chi connectivity index (χ2v) is 3.86. The monoisotopic (exact) mass is 185 g/mol. The van der Waals surface area contributed by atoms with Crippen molar-refractivity contribution in [1.29, 1.82) is 0 Å². The summed E-state index contributed by atoms with van der Waals surface area (Å²) in [5.74, 6) is 0.0235. The van der Waals surface area contributed by atoms with Crippen LogP contribution in [0.3, 0.4) is 0 Å². The molecule has 1 fully saturated rings. The van der Waals surface area contributed by atoms with Gasteiger partial charge in [0.2, 0.25) is 0 Å². The van der Waals surface area contributed by atoms with Crippen LogP contribution in [0.1, 0.15) is 32.6 Å². The van der Waals surface area contributed by atoms with Gasteiger partial charge >= 0.3 is 5.97 Å². The summed E-state index contributed by atoms with van der Waals surface area (Å²) in [4.78, 5) is 10.7. The van der Waals surface area contributed by atoms with Crippen molar-refractivity contribution in [3.63, 3.8) is 0 Å². The second kappa shape index (κ2) is 5.22. The molecule has 2 N–H and O–H groups in total. The van der Waals surface area contributed by atoms with E-state index in [-0.39, 0.29) is 5.92 Å². The summed E-state index contributed by atoms with van der Waals surface area (Å²) in [6.07, 6.45) is 3.88. The molecule has 13 heavy (non-hydrogen) atoms. The lowest BCUT2D eigenvalue weighted by Gasteiger charge is -2.25. The van der Waals surface area contributed by atoms with Gasteiger partial charge in [0, 0.05) is 0 Å². The first-order chi connectivity index (χ1) is 6.24. The number of nitrogens with one attached hydrogen (secondary N) is 1. The Morgan fingerprint density at radius 3 is 2.46 bits per heavy atom. The highest BCUT2D eigenvalue weighted by Crippen LogP contribution is 2.28. The molecule has 0 aromatic rings. The van der Waals surface area contributed by atoms with E-state index in [4.69, 9.17) is 5.11 Å². The molecule has 0 amide bonds. The van der Waals surface area contributed by atoms with E-state index in [2.05, 4.69) is 12.2 Å². The maximum absolute atomic E-state index is 10.7. The maximum Gasteiger partial charge on any atom is 0.306 e. The smallest absolute Gasteiger partial charge is 0.306 e. The third-order valence-corrected chi connectivity index (χ3v) is 2.88. The van der Waals surface area contributed by atoms with Gasteiger partial charge in [0.1, 0.15) is 0 Å². The van der Waals surface area contributed by atoms with E-state index < -0.39 is 5.97 Å². The molecular formula is C10H19NO2. The van der Waals surface area contributed by atoms with Gasteiger partial charge in [0.05, 0.1) is 5.92 Å². The first-order valence-corrected chi connectivity index (χ1v) is 5.17. The molecule has 1 aliphatic rings. The minimum atomic E-state index is -0.609. The number of hydrogen-bond acceptors (Lipinski definition) is 2. The van der Waals surface area contributed by atoms with Crippen LogP contribution >= 0.6 is 0 Å². The molecule has 0 radical (unpaired) electrons. The van der Waals surface area contributed by atoms with E-state index in [1.165, 1.54) is 0 Å². The molecule has 1 saturated carbocycles. The van der Waals surface area contributed by atoms with E-state index >= 15 is 0 Å². The lowest BCUT2D eigenvalue weighted by molar-refractivity contribution is -0.143. The highest BCUT2D eigenvalue weighted by molar-refractivity contribution is 5.69. The van der Waals surface area contributed by atoms with Gasteiger partial charge in [-0.05, 0) is 44.7 Å². The standard InChI is InChI=1S/C10H19NO2/c1-2-11-7-8-3-5-9(6-4-8)10(12)13/h8-9,11H,2-7H2,1H3,(H,12,13). The van der Waals surface area contributed by atoms with Crippen molar-refractivity contribution < 1.29 is 9.90 Å². The number of carboxylic acid groups (broad SMARTS) is 1. The lowest BCUT2D eigenvalue weighted by atomic mass is 9.82. The molecule has 3 heteroatoms. The summed E-state index contributed by atoms with van der Waals surface area (Å²) in [5.41, 5.74) is 0. The first kappa shape index (κ1) is 10.5. The molecule has 3 nitrogen and oxygen atoms in total. The SMILES string of the molecule is CCNCC1CCC(C(=O)O)CC1. The van der Waals surface area contributed by atoms with E-state index in [0.717, 1.165) is 38.8 Å². The van der Waals surface area contributed by atoms with Crippen LogP contribution in [-0.2, 0) is 4.79 Å². The van der Waals surface area contributed by atoms with E-state index in [1.54, 1.807) is 0 Å². The molecule has 1 aliphatic carbocycles. The van der Waals surface area contributed by atoms with Crippen LogP contribution in [0.25, 0.3) is 0 Å². The summed E-state index contributed by atoms with van der Waals surface area (Å²) < 4.78 is 0. The van der Waals surface area contributed by atoms with Gasteiger partial charge in [0.25, 0.3) is 0 Å². The molecule has 0 saturated heterocycles. The van der Waals surface area contributed by atoms with Crippen LogP contribution in [0.4, 0.5) is 0 Å². The van der Waals surface area contributed by atoms with Crippen molar-refractivity contribution >= 4 is 5.97 Å². The molecule has 0 bridgehead atoms. The first-order valence-electron chi connectivity index (χ1n) is 5.17. The van der Waals surface area contributed by atoms with Crippen molar-refractivity contribution in [1.82, 2.24) is 5.32 Å². The molecule has 0 spiro atoms. The zero-order valence-corrected chi connectivity index (χ0v) is 8.25. The van der Waals surface area contributed by atoms with Gasteiger partial charge in [-0.15, -0.1) is 0 Å². The van der Waals surface area contributed by atoms with Crippen molar-refractivity contribution in [3.8, 4) is 0 Å². The van der Waals surface area contributed by atoms with Crippen LogP contribution in [0.2, 0.25) is 0 Å². The molecule has 0 aromatic heterocycles. The Balaban J connectivity index is 2.18. The average Bonchev–Trinajstić information content (AvgIpc) is 2.15. The third kappa shape index (κ3) is 3.35. The average molecular weight is 185 g/mol. The second-order valence-electron chi connectivity index (χ2n) is 3.86. The maximum atomic E-state index is 10.7. The number of carbonyl (C=O) groups is 1. The predicted octanol–water partition coefficient (Wildman–Crippen LogP) is 1.49. The Morgan fingerprint density at radius 1 is 1.38 bits per heavy atom. The minimum absolute atomic E-state index is 0.0714. The van der Waals surface area contributed by atoms with Crippen LogP contribution in [0, 0.1) is 11.8 Å². The number of carboxylic acids is 1. The Hall–Kier alpha value is -0.570. The Labute approximate surface area is 79.5 Å². The summed E-state index contributed by atoms with van der Waals surface area (Å²) in [7, 11) is 0. The Bertz CT molecular complexity index is 162. The Morgan fingerprint density at radius 2 is 2.00 bits per heavy atom. The van der Waals surface area contributed by atoms with Crippen LogP contribution in [0.15, 0.2) is 0 Å². The third-order valence-electron chi connectivity index (χ3n) is 2.88. The zero-order chi connectivity index (χ0) is 9.68. The molecule has 0 unspecified atom stereocenters. The fourth-order valence-corrected chi connectivity index (χ4v) is 1.96. The van der Waals surface area contributed by atoms with E-state index in [0.29, 0.717) is 5.92 Å². The van der Waals surface area contributed by atoms with Crippen molar-refractivity contribution in [2.75, 3.05) is 13.1 Å². The number of rotatable bonds is 4. The molecule has 0 heterocycles. The predicted molar refractivity (Wildman–Crippen MR) is 51.6 cm³/mol. The fourth-order valence-electron chi connectivity index (χ4n) is 1.96. The van der Waals surface area contributed by atoms with Gasteiger partial charge in [-0.3, -0.25) is 4.79 Å². The molecule has 0 aliphatic heterocycles. The molecule has 1 rings (SSSR count). The highest BCUT2D eigenvalue weighted by atomic mass is 16.4. The number of hydrogen-bond donors (Lipinski definition) is 2. The fraction of sp³-hybridized carbons (Fsp3) is 0.900. The Kier molecular flexibility index (Phi) is 4.22. The van der Waals surface area contributed by atoms with Gasteiger partial charge in [-0.25, -0.2) is 0 Å². The van der Waals surface area contributed by atoms with Gasteiger partial charge in [-0.1, -0.05) is 6.92 Å². The van der Waals surface area contributed by atoms with Crippen molar-refractivity contribution in [2.45, 2.75) is 32.6 Å². The summed E-state index contributed by atoms with van der Waals surface area (Å²) in [6.45, 7) is 4.17. The zero-order valence-electron chi connectivity index (χ0n) is 8.25. The largest absolute Gasteiger partial charge is 0.481 e. The molecular weight excluding hydrogens is 166 g/mol. The summed E-state index contributed by atoms with van der Waals surface area (Å²) in [5, 5.41) is 12.1. The van der Waals surface area contributed by atoms with Crippen LogP contribution in [0.5, 0.6) is 0 Å². The van der Waals surface area contributed by atoms with Crippen LogP contribution in [-0.4, -0.2) is 24.2 Å². The van der Waals surface area contributed by atoms with E-state index in [1.807, 2.05) is 0 Å². The quantitative estimate of drug-likeness (QED) is 0.697. The number of aliphatic carboxylic acids is 1. The van der Waals surface area contributed by atoms with Gasteiger partial charge < -0.3 is 10.4 Å². The van der Waals surface area contributed by atoms with Crippen molar-refractivity contribution in [3.05, 3.63) is 0 Å². The van der Waals surface area contributed by atoms with Gasteiger partial charge in [-0.2, -0.15) is 0 Å². The lowest BCUT2D eigenvalue weighted by Crippen LogP contribution is -2.28. The molecule has 76 valence electrons. The summed E-state index contributed by atoms with van der Waals surface area (Å²) in [6, 6.07) is 0. The molecule has 0 atom stereocenters. The van der Waals surface area contributed by atoms with E-state index in [9.17, 15) is 4.79 Å². The molecule has 0 aromatic carbocycles. The highest BCUT2D eigenvalue weighted by Gasteiger charge is 2.25. The topological polar surface area (TPSA) is 49.3 Å². The van der Waals surface area contributed by atoms with Crippen molar-refractivity contribution in [2.24, 2.45) is 11.8 Å².